The molecular weight excluding hydrogens is 370 g/mol. The molecule has 0 saturated carbocycles. The summed E-state index contributed by atoms with van der Waals surface area (Å²) < 4.78 is 44.6. The number of hydrogen-bond donors (Lipinski definition) is 0. The summed E-state index contributed by atoms with van der Waals surface area (Å²) in [5.41, 5.74) is 0.923. The summed E-state index contributed by atoms with van der Waals surface area (Å²) in [7, 11) is -3.64. The normalized spacial score (nSPS) is 23.4. The number of fused-ring (bicyclic) bond motifs is 1. The van der Waals surface area contributed by atoms with E-state index in [1.54, 1.807) is 18.2 Å². The van der Waals surface area contributed by atoms with Crippen molar-refractivity contribution in [3.05, 3.63) is 35.5 Å². The Morgan fingerprint density at radius 1 is 1.26 bits per heavy atom. The van der Waals surface area contributed by atoms with Crippen molar-refractivity contribution in [1.29, 1.82) is 0 Å². The minimum atomic E-state index is -3.64. The number of morpholine rings is 1. The van der Waals surface area contributed by atoms with Crippen LogP contribution in [-0.2, 0) is 21.2 Å². The second kappa shape index (κ2) is 6.88. The zero-order valence-electron chi connectivity index (χ0n) is 15.6. The van der Waals surface area contributed by atoms with E-state index in [0.717, 1.165) is 11.3 Å². The molecule has 0 radical (unpaired) electrons. The highest BCUT2D eigenvalue weighted by Crippen LogP contribution is 2.33. The number of sulfonamides is 1. The summed E-state index contributed by atoms with van der Waals surface area (Å²) in [6, 6.07) is 5.04. The molecule has 8 nitrogen and oxygen atoms in total. The van der Waals surface area contributed by atoms with Gasteiger partial charge in [0.25, 0.3) is 0 Å². The second-order valence-electron chi connectivity index (χ2n) is 7.26. The lowest BCUT2D eigenvalue weighted by Crippen LogP contribution is -2.42. The summed E-state index contributed by atoms with van der Waals surface area (Å²) in [6.07, 6.45) is 0.217. The largest absolute Gasteiger partial charge is 0.490 e. The van der Waals surface area contributed by atoms with Gasteiger partial charge in [0.2, 0.25) is 21.8 Å². The quantitative estimate of drug-likeness (QED) is 0.786. The van der Waals surface area contributed by atoms with Gasteiger partial charge in [-0.15, -0.1) is 10.2 Å². The molecule has 2 aliphatic heterocycles. The molecule has 1 saturated heterocycles. The lowest BCUT2D eigenvalue weighted by molar-refractivity contribution is -0.0179. The SMILES string of the molecule is CC(C)c1nnc([C@@H]2CN(S(=O)(=O)c3ccc4c(c3)C[C@@H](C)O4)CCO2)o1. The fourth-order valence-electron chi connectivity index (χ4n) is 3.31. The lowest BCUT2D eigenvalue weighted by Gasteiger charge is -2.30. The van der Waals surface area contributed by atoms with Crippen molar-refractivity contribution in [3.8, 4) is 5.75 Å². The van der Waals surface area contributed by atoms with Crippen molar-refractivity contribution in [2.75, 3.05) is 19.7 Å². The van der Waals surface area contributed by atoms with Crippen LogP contribution in [0.2, 0.25) is 0 Å². The third-order valence-electron chi connectivity index (χ3n) is 4.76. The minimum absolute atomic E-state index is 0.0680. The van der Waals surface area contributed by atoms with E-state index in [1.165, 1.54) is 4.31 Å². The first-order valence-corrected chi connectivity index (χ1v) is 10.5. The van der Waals surface area contributed by atoms with Gasteiger partial charge in [-0.2, -0.15) is 4.31 Å². The van der Waals surface area contributed by atoms with E-state index in [1.807, 2.05) is 20.8 Å². The van der Waals surface area contributed by atoms with Crippen LogP contribution in [0.25, 0.3) is 0 Å². The molecule has 0 bridgehead atoms. The molecule has 0 N–H and O–H groups in total. The van der Waals surface area contributed by atoms with Crippen LogP contribution in [0.4, 0.5) is 0 Å². The summed E-state index contributed by atoms with van der Waals surface area (Å²) in [5.74, 6) is 1.69. The van der Waals surface area contributed by atoms with Crippen molar-refractivity contribution in [3.63, 3.8) is 0 Å². The highest BCUT2D eigenvalue weighted by Gasteiger charge is 2.35. The molecule has 2 aliphatic rings. The van der Waals surface area contributed by atoms with E-state index in [9.17, 15) is 8.42 Å². The molecule has 1 aromatic heterocycles. The molecule has 2 aromatic rings. The zero-order chi connectivity index (χ0) is 19.2. The first-order valence-electron chi connectivity index (χ1n) is 9.09. The molecule has 0 unspecified atom stereocenters. The molecule has 4 rings (SSSR count). The third-order valence-corrected chi connectivity index (χ3v) is 6.62. The topological polar surface area (TPSA) is 94.8 Å². The Hall–Kier alpha value is -1.97. The second-order valence-corrected chi connectivity index (χ2v) is 9.20. The number of benzene rings is 1. The van der Waals surface area contributed by atoms with Crippen LogP contribution in [-0.4, -0.2) is 48.7 Å². The zero-order valence-corrected chi connectivity index (χ0v) is 16.4. The molecule has 0 amide bonds. The summed E-state index contributed by atoms with van der Waals surface area (Å²) in [6.45, 7) is 6.58. The first-order chi connectivity index (χ1) is 12.8. The standard InChI is InChI=1S/C18H23N3O5S/c1-11(2)17-19-20-18(26-17)16-10-21(6-7-24-16)27(22,23)14-4-5-15-13(9-14)8-12(3)25-15/h4-5,9,11-12,16H,6-8,10H2,1-3H3/t12-,16+/m1/s1. The molecular formula is C18H23N3O5S. The van der Waals surface area contributed by atoms with Gasteiger partial charge in [-0.05, 0) is 30.7 Å². The Kier molecular flexibility index (Phi) is 4.69. The molecule has 27 heavy (non-hydrogen) atoms. The Balaban J connectivity index is 1.56. The van der Waals surface area contributed by atoms with Gasteiger partial charge < -0.3 is 13.9 Å². The van der Waals surface area contributed by atoms with Crippen LogP contribution in [0.15, 0.2) is 27.5 Å². The summed E-state index contributed by atoms with van der Waals surface area (Å²) in [5, 5.41) is 8.03. The van der Waals surface area contributed by atoms with Gasteiger partial charge in [0.15, 0.2) is 0 Å². The monoisotopic (exact) mass is 393 g/mol. The predicted molar refractivity (Wildman–Crippen MR) is 96.1 cm³/mol. The van der Waals surface area contributed by atoms with E-state index in [4.69, 9.17) is 13.9 Å². The van der Waals surface area contributed by atoms with Gasteiger partial charge in [-0.25, -0.2) is 8.42 Å². The highest BCUT2D eigenvalue weighted by atomic mass is 32.2. The Bertz CT molecular complexity index is 940. The van der Waals surface area contributed by atoms with Gasteiger partial charge in [-0.3, -0.25) is 0 Å². The smallest absolute Gasteiger partial charge is 0.246 e. The van der Waals surface area contributed by atoms with Gasteiger partial charge in [0, 0.05) is 25.4 Å². The maximum atomic E-state index is 13.1. The van der Waals surface area contributed by atoms with E-state index >= 15 is 0 Å². The third kappa shape index (κ3) is 3.46. The van der Waals surface area contributed by atoms with Gasteiger partial charge >= 0.3 is 0 Å². The number of aromatic nitrogens is 2. The highest BCUT2D eigenvalue weighted by molar-refractivity contribution is 7.89. The van der Waals surface area contributed by atoms with Crippen molar-refractivity contribution >= 4 is 10.0 Å². The van der Waals surface area contributed by atoms with Crippen molar-refractivity contribution in [1.82, 2.24) is 14.5 Å². The molecule has 2 atom stereocenters. The van der Waals surface area contributed by atoms with E-state index in [2.05, 4.69) is 10.2 Å². The molecule has 3 heterocycles. The van der Waals surface area contributed by atoms with E-state index < -0.39 is 16.1 Å². The van der Waals surface area contributed by atoms with Crippen LogP contribution in [0.3, 0.4) is 0 Å². The maximum Gasteiger partial charge on any atom is 0.246 e. The van der Waals surface area contributed by atoms with Gasteiger partial charge in [0.05, 0.1) is 11.5 Å². The van der Waals surface area contributed by atoms with Crippen LogP contribution in [0, 0.1) is 0 Å². The molecule has 9 heteroatoms. The van der Waals surface area contributed by atoms with Crippen molar-refractivity contribution in [2.45, 2.75) is 50.2 Å². The number of nitrogens with zero attached hydrogens (tertiary/aromatic N) is 3. The van der Waals surface area contributed by atoms with E-state index in [-0.39, 0.29) is 36.6 Å². The van der Waals surface area contributed by atoms with Crippen molar-refractivity contribution in [2.24, 2.45) is 0 Å². The Labute approximate surface area is 158 Å². The average Bonchev–Trinajstić information content (AvgIpc) is 3.27. The van der Waals surface area contributed by atoms with Crippen LogP contribution in [0.5, 0.6) is 5.75 Å². The lowest BCUT2D eigenvalue weighted by atomic mass is 10.1. The predicted octanol–water partition coefficient (Wildman–Crippen LogP) is 2.28. The Morgan fingerprint density at radius 3 is 2.81 bits per heavy atom. The number of hydrogen-bond acceptors (Lipinski definition) is 7. The average molecular weight is 393 g/mol. The van der Waals surface area contributed by atoms with Gasteiger partial charge in [-0.1, -0.05) is 13.8 Å². The number of rotatable bonds is 4. The molecule has 146 valence electrons. The summed E-state index contributed by atoms with van der Waals surface area (Å²) in [4.78, 5) is 0.271. The van der Waals surface area contributed by atoms with Gasteiger partial charge in [0.1, 0.15) is 18.0 Å². The van der Waals surface area contributed by atoms with Crippen molar-refractivity contribution < 1.29 is 22.3 Å². The first kappa shape index (κ1) is 18.4. The maximum absolute atomic E-state index is 13.1. The van der Waals surface area contributed by atoms with Crippen LogP contribution >= 0.6 is 0 Å². The molecule has 1 aromatic carbocycles. The van der Waals surface area contributed by atoms with Crippen LogP contribution < -0.4 is 4.74 Å². The Morgan fingerprint density at radius 2 is 2.07 bits per heavy atom. The molecule has 0 aliphatic carbocycles. The molecule has 0 spiro atoms. The minimum Gasteiger partial charge on any atom is -0.490 e. The van der Waals surface area contributed by atoms with Crippen LogP contribution in [0.1, 0.15) is 50.1 Å². The summed E-state index contributed by atoms with van der Waals surface area (Å²) >= 11 is 0. The van der Waals surface area contributed by atoms with E-state index in [0.29, 0.717) is 18.2 Å². The molecule has 1 fully saturated rings. The fourth-order valence-corrected chi connectivity index (χ4v) is 4.79. The fraction of sp³-hybridized carbons (Fsp3) is 0.556. The number of ether oxygens (including phenoxy) is 2.